The van der Waals surface area contributed by atoms with E-state index in [4.69, 9.17) is 4.74 Å². The molecule has 0 aliphatic heterocycles. The van der Waals surface area contributed by atoms with E-state index in [9.17, 15) is 10.1 Å². The Morgan fingerprint density at radius 1 is 1.32 bits per heavy atom. The number of fused-ring (bicyclic) bond motifs is 1. The number of hydrogen-bond acceptors (Lipinski definition) is 7. The van der Waals surface area contributed by atoms with Gasteiger partial charge in [0.05, 0.1) is 11.3 Å². The van der Waals surface area contributed by atoms with Gasteiger partial charge in [-0.3, -0.25) is 4.79 Å². The molecule has 2 aromatic heterocycles. The van der Waals surface area contributed by atoms with Gasteiger partial charge < -0.3 is 14.6 Å². The Balaban J connectivity index is 1.39. The van der Waals surface area contributed by atoms with Crippen molar-refractivity contribution >= 4 is 34.0 Å². The Bertz CT molecular complexity index is 1330. The van der Waals surface area contributed by atoms with Crippen LogP contribution in [0.15, 0.2) is 23.4 Å². The van der Waals surface area contributed by atoms with Crippen molar-refractivity contribution in [2.24, 2.45) is 11.3 Å². The maximum Gasteiger partial charge on any atom is 0.235 e. The van der Waals surface area contributed by atoms with Crippen molar-refractivity contribution in [1.29, 1.82) is 5.26 Å². The number of anilines is 1. The number of carbonyl (C=O) groups excluding carboxylic acids is 1. The highest BCUT2D eigenvalue weighted by atomic mass is 32.2. The van der Waals surface area contributed by atoms with E-state index in [0.717, 1.165) is 47.5 Å². The maximum absolute atomic E-state index is 12.9. The van der Waals surface area contributed by atoms with Crippen molar-refractivity contribution in [2.45, 2.75) is 79.1 Å². The van der Waals surface area contributed by atoms with Gasteiger partial charge in [-0.15, -0.1) is 21.5 Å². The second kappa shape index (κ2) is 11.3. The van der Waals surface area contributed by atoms with Crippen molar-refractivity contribution in [2.75, 3.05) is 11.1 Å². The Morgan fingerprint density at radius 2 is 2.11 bits per heavy atom. The summed E-state index contributed by atoms with van der Waals surface area (Å²) < 4.78 is 7.99. The van der Waals surface area contributed by atoms with E-state index in [1.165, 1.54) is 16.6 Å². The minimum absolute atomic E-state index is 0.147. The first-order valence-corrected chi connectivity index (χ1v) is 14.5. The molecule has 9 heteroatoms. The Morgan fingerprint density at radius 3 is 2.81 bits per heavy atom. The van der Waals surface area contributed by atoms with E-state index < -0.39 is 0 Å². The van der Waals surface area contributed by atoms with Crippen molar-refractivity contribution in [3.63, 3.8) is 0 Å². The lowest BCUT2D eigenvalue weighted by atomic mass is 9.72. The predicted octanol–water partition coefficient (Wildman–Crippen LogP) is 6.31. The van der Waals surface area contributed by atoms with Gasteiger partial charge in [0.15, 0.2) is 11.0 Å². The van der Waals surface area contributed by atoms with E-state index in [0.29, 0.717) is 34.8 Å². The molecule has 0 radical (unpaired) electrons. The lowest BCUT2D eigenvalue weighted by Crippen LogP contribution is -2.26. The van der Waals surface area contributed by atoms with Crippen molar-refractivity contribution in [3.05, 3.63) is 51.2 Å². The SMILES string of the molecule is CCn1c(COc2cc(C)ccc2C)nnc1SCC(=O)Nc1sc2c(c1C#N)CCC(C(C)(C)C)C2. The molecular formula is C28H35N5O2S2. The summed E-state index contributed by atoms with van der Waals surface area (Å²) in [6.45, 7) is 13.9. The number of rotatable bonds is 8. The zero-order chi connectivity index (χ0) is 26.7. The molecule has 1 atom stereocenters. The molecule has 1 aliphatic carbocycles. The second-order valence-corrected chi connectivity index (χ2v) is 12.7. The van der Waals surface area contributed by atoms with Crippen LogP contribution in [-0.2, 0) is 30.8 Å². The number of amides is 1. The number of nitriles is 1. The number of nitrogens with one attached hydrogen (secondary N) is 1. The summed E-state index contributed by atoms with van der Waals surface area (Å²) in [5.41, 5.74) is 4.19. The highest BCUT2D eigenvalue weighted by molar-refractivity contribution is 7.99. The molecule has 4 rings (SSSR count). The minimum Gasteiger partial charge on any atom is -0.485 e. The summed E-state index contributed by atoms with van der Waals surface area (Å²) >= 11 is 2.90. The number of hydrogen-bond donors (Lipinski definition) is 1. The van der Waals surface area contributed by atoms with Gasteiger partial charge in [0, 0.05) is 11.4 Å². The van der Waals surface area contributed by atoms with E-state index in [-0.39, 0.29) is 17.1 Å². The quantitative estimate of drug-likeness (QED) is 0.339. The smallest absolute Gasteiger partial charge is 0.235 e. The molecule has 0 bridgehead atoms. The summed E-state index contributed by atoms with van der Waals surface area (Å²) in [6.07, 6.45) is 2.94. The number of nitrogens with zero attached hydrogens (tertiary/aromatic N) is 4. The van der Waals surface area contributed by atoms with E-state index >= 15 is 0 Å². The highest BCUT2D eigenvalue weighted by Gasteiger charge is 2.32. The molecule has 1 amide bonds. The Hall–Kier alpha value is -2.83. The van der Waals surface area contributed by atoms with Crippen LogP contribution in [0.25, 0.3) is 0 Å². The van der Waals surface area contributed by atoms with Crippen LogP contribution in [0.1, 0.15) is 67.1 Å². The molecule has 0 spiro atoms. The number of carbonyl (C=O) groups is 1. The third-order valence-corrected chi connectivity index (χ3v) is 9.13. The second-order valence-electron chi connectivity index (χ2n) is 10.7. The average Bonchev–Trinajstić information content (AvgIpc) is 3.41. The summed E-state index contributed by atoms with van der Waals surface area (Å²) in [5.74, 6) is 2.18. The largest absolute Gasteiger partial charge is 0.485 e. The van der Waals surface area contributed by atoms with Crippen molar-refractivity contribution in [1.82, 2.24) is 14.8 Å². The number of thioether (sulfide) groups is 1. The topological polar surface area (TPSA) is 92.8 Å². The first-order valence-electron chi connectivity index (χ1n) is 12.7. The fourth-order valence-corrected chi connectivity index (χ4v) is 6.79. The number of aryl methyl sites for hydroxylation is 2. The van der Waals surface area contributed by atoms with Gasteiger partial charge in [0.2, 0.25) is 5.91 Å². The van der Waals surface area contributed by atoms with Crippen LogP contribution in [0.2, 0.25) is 0 Å². The third-order valence-electron chi connectivity index (χ3n) is 7.00. The predicted molar refractivity (Wildman–Crippen MR) is 149 cm³/mol. The minimum atomic E-state index is -0.147. The summed E-state index contributed by atoms with van der Waals surface area (Å²) in [5, 5.41) is 22.8. The molecular weight excluding hydrogens is 502 g/mol. The van der Waals surface area contributed by atoms with Gasteiger partial charge >= 0.3 is 0 Å². The third kappa shape index (κ3) is 6.19. The van der Waals surface area contributed by atoms with Gasteiger partial charge in [-0.2, -0.15) is 5.26 Å². The summed E-state index contributed by atoms with van der Waals surface area (Å²) in [7, 11) is 0. The number of thiophene rings is 1. The normalized spacial score (nSPS) is 15.2. The average molecular weight is 538 g/mol. The molecule has 196 valence electrons. The van der Waals surface area contributed by atoms with Gasteiger partial charge in [0.1, 0.15) is 23.4 Å². The standard InChI is InChI=1S/C28H35N5O2S2/c1-7-33-24(15-35-22-12-17(2)8-9-18(22)3)31-32-27(33)36-16-25(34)30-26-21(14-29)20-11-10-19(28(4,5)6)13-23(20)37-26/h8-9,12,19H,7,10-11,13,15-16H2,1-6H3,(H,30,34). The van der Waals surface area contributed by atoms with Gasteiger partial charge in [-0.05, 0) is 74.1 Å². The van der Waals surface area contributed by atoms with Crippen LogP contribution < -0.4 is 10.1 Å². The van der Waals surface area contributed by atoms with Crippen LogP contribution in [0, 0.1) is 36.5 Å². The highest BCUT2D eigenvalue weighted by Crippen LogP contribution is 2.44. The molecule has 2 heterocycles. The fraction of sp³-hybridized carbons (Fsp3) is 0.500. The molecule has 7 nitrogen and oxygen atoms in total. The molecule has 1 aromatic carbocycles. The first-order chi connectivity index (χ1) is 17.6. The zero-order valence-corrected chi connectivity index (χ0v) is 24.1. The molecule has 0 saturated heterocycles. The molecule has 37 heavy (non-hydrogen) atoms. The first kappa shape index (κ1) is 27.2. The maximum atomic E-state index is 12.9. The van der Waals surface area contributed by atoms with Crippen LogP contribution in [0.4, 0.5) is 5.00 Å². The summed E-state index contributed by atoms with van der Waals surface area (Å²) in [4.78, 5) is 14.1. The van der Waals surface area contributed by atoms with Gasteiger partial charge in [-0.1, -0.05) is 44.7 Å². The van der Waals surface area contributed by atoms with Gasteiger partial charge in [-0.25, -0.2) is 0 Å². The van der Waals surface area contributed by atoms with Crippen LogP contribution in [-0.4, -0.2) is 26.4 Å². The lowest BCUT2D eigenvalue weighted by molar-refractivity contribution is -0.113. The lowest BCUT2D eigenvalue weighted by Gasteiger charge is -2.33. The molecule has 0 saturated carbocycles. The van der Waals surface area contributed by atoms with Crippen LogP contribution >= 0.6 is 23.1 Å². The van der Waals surface area contributed by atoms with Crippen LogP contribution in [0.5, 0.6) is 5.75 Å². The molecule has 1 unspecified atom stereocenters. The van der Waals surface area contributed by atoms with Crippen molar-refractivity contribution in [3.8, 4) is 11.8 Å². The van der Waals surface area contributed by atoms with Crippen molar-refractivity contribution < 1.29 is 9.53 Å². The summed E-state index contributed by atoms with van der Waals surface area (Å²) in [6, 6.07) is 8.46. The molecule has 1 aliphatic rings. The Kier molecular flexibility index (Phi) is 8.29. The number of ether oxygens (including phenoxy) is 1. The number of aromatic nitrogens is 3. The Labute approximate surface area is 227 Å². The zero-order valence-electron chi connectivity index (χ0n) is 22.5. The molecule has 3 aromatic rings. The fourth-order valence-electron chi connectivity index (χ4n) is 4.68. The number of benzene rings is 1. The van der Waals surface area contributed by atoms with E-state index in [2.05, 4.69) is 48.4 Å². The molecule has 1 N–H and O–H groups in total. The van der Waals surface area contributed by atoms with Gasteiger partial charge in [0.25, 0.3) is 0 Å². The van der Waals surface area contributed by atoms with Crippen LogP contribution in [0.3, 0.4) is 0 Å². The van der Waals surface area contributed by atoms with E-state index in [1.807, 2.05) is 37.5 Å². The molecule has 0 fully saturated rings. The van der Waals surface area contributed by atoms with E-state index in [1.54, 1.807) is 11.3 Å². The monoisotopic (exact) mass is 537 g/mol.